The number of fused-ring (bicyclic) bond motifs is 1. The maximum atomic E-state index is 10.7. The number of anilines is 1. The average Bonchev–Trinajstić information content (AvgIpc) is 2.27. The Morgan fingerprint density at radius 3 is 3.13 bits per heavy atom. The van der Waals surface area contributed by atoms with Gasteiger partial charge in [-0.1, -0.05) is 6.92 Å². The molecule has 1 aromatic rings. The highest BCUT2D eigenvalue weighted by molar-refractivity contribution is 5.89. The largest absolute Gasteiger partial charge is 0.486 e. The third-order valence-corrected chi connectivity index (χ3v) is 2.50. The van der Waals surface area contributed by atoms with Crippen LogP contribution in [0.1, 0.15) is 23.7 Å². The quantitative estimate of drug-likeness (QED) is 0.778. The van der Waals surface area contributed by atoms with Crippen LogP contribution < -0.4 is 10.1 Å². The molecule has 15 heavy (non-hydrogen) atoms. The molecule has 0 aliphatic carbocycles. The van der Waals surface area contributed by atoms with Gasteiger partial charge in [0.05, 0.1) is 17.8 Å². The molecule has 1 aliphatic heterocycles. The summed E-state index contributed by atoms with van der Waals surface area (Å²) in [6.45, 7) is 2.79. The van der Waals surface area contributed by atoms with Crippen molar-refractivity contribution in [2.45, 2.75) is 19.4 Å². The Kier molecular flexibility index (Phi) is 2.49. The Morgan fingerprint density at radius 2 is 2.47 bits per heavy atom. The van der Waals surface area contributed by atoms with Crippen molar-refractivity contribution in [2.24, 2.45) is 0 Å². The Morgan fingerprint density at radius 1 is 1.67 bits per heavy atom. The molecular weight excluding hydrogens is 194 g/mol. The molecule has 1 aliphatic rings. The van der Waals surface area contributed by atoms with Crippen molar-refractivity contribution in [2.75, 3.05) is 11.9 Å². The third-order valence-electron chi connectivity index (χ3n) is 2.50. The number of hydrogen-bond donors (Lipinski definition) is 2. The number of hydrogen-bond acceptors (Lipinski definition) is 3. The molecule has 0 saturated carbocycles. The van der Waals surface area contributed by atoms with Gasteiger partial charge in [0, 0.05) is 0 Å². The van der Waals surface area contributed by atoms with E-state index in [1.54, 1.807) is 18.2 Å². The van der Waals surface area contributed by atoms with Crippen molar-refractivity contribution in [1.82, 2.24) is 0 Å². The number of aromatic carboxylic acids is 1. The lowest BCUT2D eigenvalue weighted by atomic mass is 10.1. The van der Waals surface area contributed by atoms with E-state index in [4.69, 9.17) is 9.84 Å². The minimum absolute atomic E-state index is 0.174. The summed E-state index contributed by atoms with van der Waals surface area (Å²) in [5.74, 6) is -0.185. The molecule has 2 rings (SSSR count). The van der Waals surface area contributed by atoms with Gasteiger partial charge in [-0.2, -0.15) is 0 Å². The van der Waals surface area contributed by atoms with Crippen LogP contribution in [0.3, 0.4) is 0 Å². The Bertz CT molecular complexity index is 389. The van der Waals surface area contributed by atoms with E-state index in [1.165, 1.54) is 0 Å². The van der Waals surface area contributed by atoms with Gasteiger partial charge < -0.3 is 15.2 Å². The summed E-state index contributed by atoms with van der Waals surface area (Å²) < 4.78 is 5.66. The minimum atomic E-state index is -0.919. The molecular formula is C11H13NO3. The van der Waals surface area contributed by atoms with Crippen LogP contribution in [0.4, 0.5) is 5.69 Å². The second-order valence-corrected chi connectivity index (χ2v) is 3.55. The van der Waals surface area contributed by atoms with Crippen LogP contribution in [0.5, 0.6) is 5.75 Å². The topological polar surface area (TPSA) is 58.6 Å². The summed E-state index contributed by atoms with van der Waals surface area (Å²) in [5, 5.41) is 12.0. The van der Waals surface area contributed by atoms with E-state index in [0.29, 0.717) is 0 Å². The first kappa shape index (κ1) is 9.83. The highest BCUT2D eigenvalue weighted by Crippen LogP contribution is 2.30. The van der Waals surface area contributed by atoms with Crippen molar-refractivity contribution >= 4 is 11.7 Å². The molecule has 0 aromatic heterocycles. The summed E-state index contributed by atoms with van der Waals surface area (Å²) in [6.07, 6.45) is 1.11. The van der Waals surface area contributed by atoms with Gasteiger partial charge in [0.1, 0.15) is 11.9 Å². The van der Waals surface area contributed by atoms with E-state index in [2.05, 4.69) is 12.2 Å². The SMILES string of the molecule is CCC1CNc2cc(C(=O)O)ccc2O1. The zero-order valence-electron chi connectivity index (χ0n) is 8.49. The van der Waals surface area contributed by atoms with Crippen LogP contribution >= 0.6 is 0 Å². The molecule has 1 atom stereocenters. The lowest BCUT2D eigenvalue weighted by Gasteiger charge is -2.26. The summed E-state index contributed by atoms with van der Waals surface area (Å²) >= 11 is 0. The standard InChI is InChI=1S/C11H13NO3/c1-2-8-6-12-9-5-7(11(13)14)3-4-10(9)15-8/h3-5,8,12H,2,6H2,1H3,(H,13,14). The van der Waals surface area contributed by atoms with E-state index in [1.807, 2.05) is 0 Å². The molecule has 0 fully saturated rings. The van der Waals surface area contributed by atoms with Gasteiger partial charge in [0.25, 0.3) is 0 Å². The van der Waals surface area contributed by atoms with Crippen molar-refractivity contribution in [3.63, 3.8) is 0 Å². The van der Waals surface area contributed by atoms with Gasteiger partial charge in [-0.05, 0) is 24.6 Å². The van der Waals surface area contributed by atoms with E-state index < -0.39 is 5.97 Å². The number of nitrogens with one attached hydrogen (secondary N) is 1. The number of carboxylic acids is 1. The van der Waals surface area contributed by atoms with E-state index in [-0.39, 0.29) is 11.7 Å². The smallest absolute Gasteiger partial charge is 0.335 e. The predicted octanol–water partition coefficient (Wildman–Crippen LogP) is 1.97. The molecule has 1 unspecified atom stereocenters. The Hall–Kier alpha value is -1.71. The Balaban J connectivity index is 2.28. The second kappa shape index (κ2) is 3.81. The van der Waals surface area contributed by atoms with Crippen LogP contribution in [0.2, 0.25) is 0 Å². The van der Waals surface area contributed by atoms with Crippen LogP contribution in [0, 0.1) is 0 Å². The lowest BCUT2D eigenvalue weighted by Crippen LogP contribution is -2.30. The van der Waals surface area contributed by atoms with Crippen LogP contribution in [0.25, 0.3) is 0 Å². The molecule has 1 aromatic carbocycles. The van der Waals surface area contributed by atoms with Crippen molar-refractivity contribution < 1.29 is 14.6 Å². The molecule has 2 N–H and O–H groups in total. The molecule has 0 amide bonds. The fourth-order valence-electron chi connectivity index (χ4n) is 1.58. The monoisotopic (exact) mass is 207 g/mol. The van der Waals surface area contributed by atoms with Gasteiger partial charge in [-0.15, -0.1) is 0 Å². The second-order valence-electron chi connectivity index (χ2n) is 3.55. The molecule has 4 nitrogen and oxygen atoms in total. The minimum Gasteiger partial charge on any atom is -0.486 e. The third kappa shape index (κ3) is 1.88. The number of rotatable bonds is 2. The van der Waals surface area contributed by atoms with E-state index in [9.17, 15) is 4.79 Å². The van der Waals surface area contributed by atoms with Gasteiger partial charge in [-0.25, -0.2) is 4.79 Å². The summed E-state index contributed by atoms with van der Waals surface area (Å²) in [5.41, 5.74) is 1.04. The average molecular weight is 207 g/mol. The van der Waals surface area contributed by atoms with Crippen molar-refractivity contribution in [3.05, 3.63) is 23.8 Å². The van der Waals surface area contributed by atoms with Gasteiger partial charge in [0.2, 0.25) is 0 Å². The number of carbonyl (C=O) groups is 1. The van der Waals surface area contributed by atoms with E-state index in [0.717, 1.165) is 24.4 Å². The fraction of sp³-hybridized carbons (Fsp3) is 0.364. The van der Waals surface area contributed by atoms with Gasteiger partial charge in [0.15, 0.2) is 0 Å². The summed E-state index contributed by atoms with van der Waals surface area (Å²) in [4.78, 5) is 10.7. The fourth-order valence-corrected chi connectivity index (χ4v) is 1.58. The molecule has 0 spiro atoms. The molecule has 1 heterocycles. The van der Waals surface area contributed by atoms with E-state index >= 15 is 0 Å². The highest BCUT2D eigenvalue weighted by atomic mass is 16.5. The number of ether oxygens (including phenoxy) is 1. The van der Waals surface area contributed by atoms with Crippen LogP contribution in [-0.4, -0.2) is 23.7 Å². The van der Waals surface area contributed by atoms with Crippen LogP contribution in [0.15, 0.2) is 18.2 Å². The first-order chi connectivity index (χ1) is 7.20. The predicted molar refractivity (Wildman–Crippen MR) is 56.6 cm³/mol. The Labute approximate surface area is 87.9 Å². The zero-order valence-corrected chi connectivity index (χ0v) is 8.49. The summed E-state index contributed by atoms with van der Waals surface area (Å²) in [7, 11) is 0. The molecule has 4 heteroatoms. The number of benzene rings is 1. The van der Waals surface area contributed by atoms with Gasteiger partial charge >= 0.3 is 5.97 Å². The zero-order chi connectivity index (χ0) is 10.8. The number of carboxylic acid groups (broad SMARTS) is 1. The first-order valence-corrected chi connectivity index (χ1v) is 4.98. The normalized spacial score (nSPS) is 18.6. The molecule has 0 saturated heterocycles. The van der Waals surface area contributed by atoms with Gasteiger partial charge in [-0.3, -0.25) is 0 Å². The molecule has 0 bridgehead atoms. The lowest BCUT2D eigenvalue weighted by molar-refractivity contribution is 0.0697. The van der Waals surface area contributed by atoms with Crippen molar-refractivity contribution in [1.29, 1.82) is 0 Å². The summed E-state index contributed by atoms with van der Waals surface area (Å²) in [6, 6.07) is 4.86. The van der Waals surface area contributed by atoms with Crippen molar-refractivity contribution in [3.8, 4) is 5.75 Å². The maximum Gasteiger partial charge on any atom is 0.335 e. The maximum absolute atomic E-state index is 10.7. The highest BCUT2D eigenvalue weighted by Gasteiger charge is 2.18. The first-order valence-electron chi connectivity index (χ1n) is 4.98. The van der Waals surface area contributed by atoms with Crippen LogP contribution in [-0.2, 0) is 0 Å². The molecule has 80 valence electrons. The molecule has 0 radical (unpaired) electrons.